The van der Waals surface area contributed by atoms with E-state index in [0.29, 0.717) is 17.8 Å². The maximum absolute atomic E-state index is 13.1. The second kappa shape index (κ2) is 8.10. The molecule has 0 aromatic heterocycles. The van der Waals surface area contributed by atoms with Crippen molar-refractivity contribution in [2.75, 3.05) is 0 Å². The van der Waals surface area contributed by atoms with E-state index in [9.17, 15) is 9.90 Å². The predicted octanol–water partition coefficient (Wildman–Crippen LogP) is 7.66. The van der Waals surface area contributed by atoms with Crippen molar-refractivity contribution >= 4 is 6.29 Å². The van der Waals surface area contributed by atoms with E-state index in [4.69, 9.17) is 0 Å². The van der Waals surface area contributed by atoms with Crippen LogP contribution in [-0.4, -0.2) is 17.5 Å². The zero-order valence-electron chi connectivity index (χ0n) is 21.9. The molecule has 0 spiro atoms. The maximum atomic E-state index is 13.1. The Labute approximate surface area is 197 Å². The molecule has 2 nitrogen and oxygen atoms in total. The largest absolute Gasteiger partial charge is 0.393 e. The van der Waals surface area contributed by atoms with Gasteiger partial charge in [-0.1, -0.05) is 57.4 Å². The lowest BCUT2D eigenvalue weighted by Gasteiger charge is -2.61. The van der Waals surface area contributed by atoms with Crippen LogP contribution in [-0.2, 0) is 4.79 Å². The summed E-state index contributed by atoms with van der Waals surface area (Å²) in [5.41, 5.74) is 4.56. The Hall–Kier alpha value is -0.890. The van der Waals surface area contributed by atoms with Gasteiger partial charge in [-0.2, -0.15) is 0 Å². The zero-order valence-corrected chi connectivity index (χ0v) is 21.9. The number of aliphatic hydroxyl groups is 1. The van der Waals surface area contributed by atoms with Crippen molar-refractivity contribution in [3.8, 4) is 0 Å². The van der Waals surface area contributed by atoms with Gasteiger partial charge in [-0.25, -0.2) is 0 Å². The number of fused-ring (bicyclic) bond motifs is 4. The van der Waals surface area contributed by atoms with Crippen LogP contribution in [0.25, 0.3) is 0 Å². The number of aldehydes is 1. The fourth-order valence-electron chi connectivity index (χ4n) is 9.42. The van der Waals surface area contributed by atoms with E-state index in [1.54, 1.807) is 11.1 Å². The van der Waals surface area contributed by atoms with Crippen molar-refractivity contribution < 1.29 is 9.90 Å². The summed E-state index contributed by atoms with van der Waals surface area (Å²) < 4.78 is 0. The van der Waals surface area contributed by atoms with Crippen molar-refractivity contribution in [3.05, 3.63) is 22.8 Å². The molecule has 0 amide bonds. The molecule has 1 unspecified atom stereocenters. The summed E-state index contributed by atoms with van der Waals surface area (Å²) in [6, 6.07) is 0. The molecule has 0 saturated heterocycles. The molecule has 32 heavy (non-hydrogen) atoms. The molecule has 4 aliphatic carbocycles. The van der Waals surface area contributed by atoms with Crippen molar-refractivity contribution in [1.82, 2.24) is 0 Å². The van der Waals surface area contributed by atoms with Gasteiger partial charge in [0.05, 0.1) is 11.5 Å². The Morgan fingerprint density at radius 2 is 1.75 bits per heavy atom. The van der Waals surface area contributed by atoms with Crippen LogP contribution < -0.4 is 0 Å². The van der Waals surface area contributed by atoms with Crippen molar-refractivity contribution in [2.45, 2.75) is 119 Å². The molecule has 180 valence electrons. The fraction of sp³-hybridized carbons (Fsp3) is 0.833. The van der Waals surface area contributed by atoms with Gasteiger partial charge in [0.1, 0.15) is 6.29 Å². The van der Waals surface area contributed by atoms with Gasteiger partial charge in [0.2, 0.25) is 0 Å². The minimum absolute atomic E-state index is 0.0434. The van der Waals surface area contributed by atoms with Gasteiger partial charge in [-0.05, 0) is 112 Å². The molecular weight excluding hydrogens is 392 g/mol. The summed E-state index contributed by atoms with van der Waals surface area (Å²) >= 11 is 0. The molecule has 7 atom stereocenters. The molecular formula is C30H48O2. The summed E-state index contributed by atoms with van der Waals surface area (Å²) in [5, 5.41) is 10.8. The third-order valence-electron chi connectivity index (χ3n) is 11.4. The Morgan fingerprint density at radius 3 is 2.41 bits per heavy atom. The van der Waals surface area contributed by atoms with Gasteiger partial charge in [0.15, 0.2) is 0 Å². The highest BCUT2D eigenvalue weighted by Gasteiger charge is 2.65. The molecule has 4 rings (SSSR count). The minimum atomic E-state index is -0.246. The van der Waals surface area contributed by atoms with E-state index in [-0.39, 0.29) is 27.8 Å². The molecule has 0 bridgehead atoms. The van der Waals surface area contributed by atoms with E-state index >= 15 is 0 Å². The molecule has 2 heteroatoms. The Morgan fingerprint density at radius 1 is 1.03 bits per heavy atom. The number of carbonyl (C=O) groups excluding carboxylic acids is 1. The summed E-state index contributed by atoms with van der Waals surface area (Å²) in [6.45, 7) is 16.4. The first-order valence-electron chi connectivity index (χ1n) is 13.4. The third-order valence-corrected chi connectivity index (χ3v) is 11.4. The molecule has 0 aromatic rings. The maximum Gasteiger partial charge on any atom is 0.130 e. The average molecular weight is 441 g/mol. The van der Waals surface area contributed by atoms with Gasteiger partial charge in [-0.15, -0.1) is 0 Å². The predicted molar refractivity (Wildman–Crippen MR) is 133 cm³/mol. The van der Waals surface area contributed by atoms with Crippen molar-refractivity contribution in [1.29, 1.82) is 0 Å². The second-order valence-electron chi connectivity index (χ2n) is 13.3. The van der Waals surface area contributed by atoms with Crippen LogP contribution in [0.2, 0.25) is 0 Å². The van der Waals surface area contributed by atoms with Gasteiger partial charge >= 0.3 is 0 Å². The normalized spacial score (nSPS) is 43.7. The second-order valence-corrected chi connectivity index (χ2v) is 13.3. The van der Waals surface area contributed by atoms with Crippen LogP contribution in [0, 0.1) is 39.4 Å². The van der Waals surface area contributed by atoms with Crippen LogP contribution in [0.5, 0.6) is 0 Å². The van der Waals surface area contributed by atoms with E-state index in [1.165, 1.54) is 24.7 Å². The number of allylic oxidation sites excluding steroid dienone is 4. The molecule has 2 saturated carbocycles. The molecule has 0 radical (unpaired) electrons. The van der Waals surface area contributed by atoms with Gasteiger partial charge in [0.25, 0.3) is 0 Å². The lowest BCUT2D eigenvalue weighted by atomic mass is 9.43. The first-order valence-corrected chi connectivity index (χ1v) is 13.4. The summed E-state index contributed by atoms with van der Waals surface area (Å²) in [4.78, 5) is 13.1. The first kappa shape index (κ1) is 24.2. The number of hydrogen-bond donors (Lipinski definition) is 1. The fourth-order valence-corrected chi connectivity index (χ4v) is 9.42. The zero-order chi connectivity index (χ0) is 23.5. The van der Waals surface area contributed by atoms with Crippen LogP contribution >= 0.6 is 0 Å². The lowest BCUT2D eigenvalue weighted by Crippen LogP contribution is -2.55. The van der Waals surface area contributed by atoms with Crippen LogP contribution in [0.1, 0.15) is 113 Å². The van der Waals surface area contributed by atoms with Crippen molar-refractivity contribution in [2.24, 2.45) is 39.4 Å². The lowest BCUT2D eigenvalue weighted by molar-refractivity contribution is -0.124. The summed E-state index contributed by atoms with van der Waals surface area (Å²) in [7, 11) is 0. The monoisotopic (exact) mass is 440 g/mol. The number of aliphatic hydroxyl groups excluding tert-OH is 1. The van der Waals surface area contributed by atoms with Crippen molar-refractivity contribution in [3.63, 3.8) is 0 Å². The van der Waals surface area contributed by atoms with E-state index in [2.05, 4.69) is 54.5 Å². The molecule has 0 heterocycles. The van der Waals surface area contributed by atoms with Crippen LogP contribution in [0.4, 0.5) is 0 Å². The number of hydrogen-bond acceptors (Lipinski definition) is 2. The Bertz CT molecular complexity index is 815. The van der Waals surface area contributed by atoms with E-state index in [1.807, 2.05) is 0 Å². The quantitative estimate of drug-likeness (QED) is 0.352. The number of carbonyl (C=O) groups is 1. The molecule has 2 fully saturated rings. The van der Waals surface area contributed by atoms with Gasteiger partial charge in [0, 0.05) is 0 Å². The molecule has 4 aliphatic rings. The van der Waals surface area contributed by atoms with Gasteiger partial charge in [-0.3, -0.25) is 0 Å². The highest BCUT2D eigenvalue weighted by molar-refractivity contribution is 5.70. The Balaban J connectivity index is 1.70. The van der Waals surface area contributed by atoms with E-state index < -0.39 is 0 Å². The molecule has 0 aliphatic heterocycles. The first-order chi connectivity index (χ1) is 14.9. The van der Waals surface area contributed by atoms with E-state index in [0.717, 1.165) is 51.4 Å². The topological polar surface area (TPSA) is 37.3 Å². The highest BCUT2D eigenvalue weighted by Crippen LogP contribution is 2.72. The number of rotatable bonds is 5. The van der Waals surface area contributed by atoms with Crippen LogP contribution in [0.15, 0.2) is 22.8 Å². The third kappa shape index (κ3) is 3.25. The molecule has 0 aromatic carbocycles. The summed E-state index contributed by atoms with van der Waals surface area (Å²) in [6.07, 6.45) is 14.7. The smallest absolute Gasteiger partial charge is 0.130 e. The average Bonchev–Trinajstić information content (AvgIpc) is 3.04. The summed E-state index contributed by atoms with van der Waals surface area (Å²) in [5.74, 6) is 1.82. The van der Waals surface area contributed by atoms with Gasteiger partial charge < -0.3 is 9.90 Å². The minimum Gasteiger partial charge on any atom is -0.393 e. The molecule has 1 N–H and O–H groups in total. The van der Waals surface area contributed by atoms with Crippen LogP contribution in [0.3, 0.4) is 0 Å². The standard InChI is InChI=1S/C30H48O2/c1-20(2)9-8-10-21(3)22-14-18-30(19-31)24-11-12-25-27(4,5)26(32)15-16-28(25,6)23(24)13-17-29(22,30)7/h9,19,21-22,25-26,32H,8,10-18H2,1-7H3/t21-,22-,25?,26+,28-,29-,30-/m1/s1. The SMILES string of the molecule is CC(C)=CCC[C@@H](C)[C@H]1CC[C@@]2(C=O)C3=C(CC[C@]12C)[C@@]1(C)CC[C@H](O)C(C)(C)C1CC3. The Kier molecular flexibility index (Phi) is 6.14. The highest BCUT2D eigenvalue weighted by atomic mass is 16.3.